The van der Waals surface area contributed by atoms with Crippen molar-refractivity contribution in [3.05, 3.63) is 63.1 Å². The number of aryl methyl sites for hydroxylation is 2. The van der Waals surface area contributed by atoms with Crippen LogP contribution in [0.4, 0.5) is 16.0 Å². The maximum atomic E-state index is 13.3. The van der Waals surface area contributed by atoms with E-state index in [1.165, 1.54) is 21.3 Å². The van der Waals surface area contributed by atoms with E-state index in [0.717, 1.165) is 17.7 Å². The van der Waals surface area contributed by atoms with Gasteiger partial charge in [0.25, 0.3) is 5.56 Å². The Balaban J connectivity index is 1.98. The highest BCUT2D eigenvalue weighted by Gasteiger charge is 2.26. The van der Waals surface area contributed by atoms with Gasteiger partial charge in [-0.1, -0.05) is 12.2 Å². The average Bonchev–Trinajstić information content (AvgIpc) is 3.04. The molecule has 3 heterocycles. The molecule has 0 amide bonds. The van der Waals surface area contributed by atoms with Crippen molar-refractivity contribution in [3.63, 3.8) is 0 Å². The molecule has 0 fully saturated rings. The summed E-state index contributed by atoms with van der Waals surface area (Å²) in [6, 6.07) is 6.16. The summed E-state index contributed by atoms with van der Waals surface area (Å²) in [5.41, 5.74) is 1.49. The van der Waals surface area contributed by atoms with Crippen LogP contribution in [0.3, 0.4) is 0 Å². The van der Waals surface area contributed by atoms with E-state index in [0.29, 0.717) is 30.2 Å². The fourth-order valence-corrected chi connectivity index (χ4v) is 3.54. The molecule has 0 aliphatic carbocycles. The summed E-state index contributed by atoms with van der Waals surface area (Å²) >= 11 is 0. The molecular weight excluding hydrogens is 349 g/mol. The van der Waals surface area contributed by atoms with Crippen LogP contribution in [0, 0.1) is 5.82 Å². The average molecular weight is 369 g/mol. The van der Waals surface area contributed by atoms with E-state index in [2.05, 4.69) is 11.6 Å². The van der Waals surface area contributed by atoms with Crippen molar-refractivity contribution in [2.24, 2.45) is 7.05 Å². The fourth-order valence-electron chi connectivity index (χ4n) is 3.54. The molecule has 0 saturated carbocycles. The summed E-state index contributed by atoms with van der Waals surface area (Å²) in [6.07, 6.45) is 0.804. The lowest BCUT2D eigenvalue weighted by Crippen LogP contribution is -2.40. The summed E-state index contributed by atoms with van der Waals surface area (Å²) < 4.78 is 17.7. The first-order valence-electron chi connectivity index (χ1n) is 8.76. The van der Waals surface area contributed by atoms with Crippen molar-refractivity contribution in [2.75, 3.05) is 11.4 Å². The van der Waals surface area contributed by atoms with Gasteiger partial charge >= 0.3 is 5.69 Å². The van der Waals surface area contributed by atoms with Gasteiger partial charge in [0.15, 0.2) is 11.2 Å². The predicted molar refractivity (Wildman–Crippen MR) is 102 cm³/mol. The Morgan fingerprint density at radius 3 is 2.59 bits per heavy atom. The molecule has 4 rings (SSSR count). The number of anilines is 2. The van der Waals surface area contributed by atoms with Crippen LogP contribution in [0.1, 0.15) is 13.3 Å². The molecule has 0 unspecified atom stereocenters. The molecule has 0 spiro atoms. The molecule has 0 radical (unpaired) electrons. The number of nitrogens with zero attached hydrogens (tertiary/aromatic N) is 5. The van der Waals surface area contributed by atoms with Crippen molar-refractivity contribution >= 4 is 22.8 Å². The van der Waals surface area contributed by atoms with Gasteiger partial charge in [0, 0.05) is 25.8 Å². The van der Waals surface area contributed by atoms with Gasteiger partial charge < -0.3 is 9.47 Å². The molecule has 1 aliphatic heterocycles. The summed E-state index contributed by atoms with van der Waals surface area (Å²) in [5.74, 6) is 0.275. The van der Waals surface area contributed by atoms with Crippen LogP contribution in [0.25, 0.3) is 11.2 Å². The molecule has 8 heteroatoms. The van der Waals surface area contributed by atoms with Crippen LogP contribution in [-0.4, -0.2) is 25.2 Å². The summed E-state index contributed by atoms with van der Waals surface area (Å²) in [6.45, 7) is 7.08. The van der Waals surface area contributed by atoms with Crippen LogP contribution >= 0.6 is 0 Å². The lowest BCUT2D eigenvalue weighted by molar-refractivity contribution is 0.595. The van der Waals surface area contributed by atoms with E-state index in [4.69, 9.17) is 0 Å². The van der Waals surface area contributed by atoms with Crippen LogP contribution < -0.4 is 16.1 Å². The highest BCUT2D eigenvalue weighted by atomic mass is 19.1. The molecule has 0 saturated heterocycles. The maximum Gasteiger partial charge on any atom is 0.332 e. The third kappa shape index (κ3) is 2.68. The number of allylic oxidation sites excluding steroid dienone is 1. The molecule has 7 nitrogen and oxygen atoms in total. The van der Waals surface area contributed by atoms with Gasteiger partial charge in [0.1, 0.15) is 5.82 Å². The van der Waals surface area contributed by atoms with Gasteiger partial charge in [0.05, 0.1) is 6.54 Å². The largest absolute Gasteiger partial charge is 0.332 e. The minimum absolute atomic E-state index is 0.170. The Labute approximate surface area is 154 Å². The molecule has 27 heavy (non-hydrogen) atoms. The first-order chi connectivity index (χ1) is 12.9. The van der Waals surface area contributed by atoms with Crippen molar-refractivity contribution in [1.29, 1.82) is 0 Å². The summed E-state index contributed by atoms with van der Waals surface area (Å²) in [4.78, 5) is 32.2. The van der Waals surface area contributed by atoms with E-state index in [9.17, 15) is 14.0 Å². The first-order valence-corrected chi connectivity index (χ1v) is 8.76. The lowest BCUT2D eigenvalue weighted by atomic mass is 10.2. The molecule has 3 aromatic rings. The van der Waals surface area contributed by atoms with E-state index < -0.39 is 5.69 Å². The van der Waals surface area contributed by atoms with E-state index >= 15 is 0 Å². The monoisotopic (exact) mass is 369 g/mol. The van der Waals surface area contributed by atoms with Crippen LogP contribution in [0.15, 0.2) is 46.0 Å². The van der Waals surface area contributed by atoms with Gasteiger partial charge in [-0.15, -0.1) is 0 Å². The second-order valence-corrected chi connectivity index (χ2v) is 6.91. The number of imidazole rings is 1. The van der Waals surface area contributed by atoms with Gasteiger partial charge in [-0.3, -0.25) is 13.9 Å². The smallest absolute Gasteiger partial charge is 0.312 e. The SMILES string of the molecule is C=C(C)Cn1c(=O)c2c(nc3n2CCCN3c2ccc(F)cc2)n(C)c1=O. The normalized spacial score (nSPS) is 13.8. The Morgan fingerprint density at radius 1 is 1.22 bits per heavy atom. The van der Waals surface area contributed by atoms with Crippen molar-refractivity contribution in [3.8, 4) is 0 Å². The number of benzene rings is 1. The fraction of sp³-hybridized carbons (Fsp3) is 0.316. The predicted octanol–water partition coefficient (Wildman–Crippen LogP) is 2.15. The first kappa shape index (κ1) is 17.3. The molecule has 140 valence electrons. The molecule has 0 N–H and O–H groups in total. The molecule has 2 aromatic heterocycles. The summed E-state index contributed by atoms with van der Waals surface area (Å²) in [7, 11) is 1.61. The van der Waals surface area contributed by atoms with E-state index in [1.807, 2.05) is 9.47 Å². The Hall–Kier alpha value is -3.16. The van der Waals surface area contributed by atoms with Crippen LogP contribution in [-0.2, 0) is 20.1 Å². The second kappa shape index (κ2) is 6.22. The van der Waals surface area contributed by atoms with Gasteiger partial charge in [0.2, 0.25) is 5.95 Å². The number of aromatic nitrogens is 4. The quantitative estimate of drug-likeness (QED) is 0.664. The zero-order valence-corrected chi connectivity index (χ0v) is 15.3. The van der Waals surface area contributed by atoms with E-state index in [1.54, 1.807) is 26.1 Å². The van der Waals surface area contributed by atoms with E-state index in [-0.39, 0.29) is 17.9 Å². The standard InChI is InChI=1S/C19H20FN5O2/c1-12(2)11-25-17(26)15-16(22(3)19(25)27)21-18-23(9-4-10-24(15)18)14-7-5-13(20)6-8-14/h5-8H,1,4,9-11H2,2-3H3. The van der Waals surface area contributed by atoms with Gasteiger partial charge in [-0.2, -0.15) is 4.98 Å². The number of fused-ring (bicyclic) bond motifs is 3. The second-order valence-electron chi connectivity index (χ2n) is 6.91. The van der Waals surface area contributed by atoms with Crippen molar-refractivity contribution in [2.45, 2.75) is 26.4 Å². The molecule has 1 aliphatic rings. The zero-order valence-electron chi connectivity index (χ0n) is 15.3. The maximum absolute atomic E-state index is 13.3. The van der Waals surface area contributed by atoms with Crippen LogP contribution in [0.5, 0.6) is 0 Å². The van der Waals surface area contributed by atoms with Crippen molar-refractivity contribution < 1.29 is 4.39 Å². The molecular formula is C19H20FN5O2. The van der Waals surface area contributed by atoms with Crippen molar-refractivity contribution in [1.82, 2.24) is 18.7 Å². The highest BCUT2D eigenvalue weighted by Crippen LogP contribution is 2.30. The number of hydrogen-bond donors (Lipinski definition) is 0. The van der Waals surface area contributed by atoms with Gasteiger partial charge in [-0.05, 0) is 37.6 Å². The molecule has 1 aromatic carbocycles. The highest BCUT2D eigenvalue weighted by molar-refractivity contribution is 5.77. The van der Waals surface area contributed by atoms with Crippen LogP contribution in [0.2, 0.25) is 0 Å². The molecule has 0 atom stereocenters. The molecule has 0 bridgehead atoms. The minimum Gasteiger partial charge on any atom is -0.312 e. The Morgan fingerprint density at radius 2 is 1.93 bits per heavy atom. The lowest BCUT2D eigenvalue weighted by Gasteiger charge is -2.29. The summed E-state index contributed by atoms with van der Waals surface area (Å²) in [5, 5.41) is 0. The number of rotatable bonds is 3. The topological polar surface area (TPSA) is 65.1 Å². The zero-order chi connectivity index (χ0) is 19.3. The third-order valence-electron chi connectivity index (χ3n) is 4.78. The Bertz CT molecular complexity index is 1170. The number of hydrogen-bond acceptors (Lipinski definition) is 4. The number of halogens is 1. The van der Waals surface area contributed by atoms with Gasteiger partial charge in [-0.25, -0.2) is 9.18 Å². The third-order valence-corrected chi connectivity index (χ3v) is 4.78. The Kier molecular flexibility index (Phi) is 3.98. The minimum atomic E-state index is -0.417.